The van der Waals surface area contributed by atoms with E-state index < -0.39 is 0 Å². The zero-order valence-electron chi connectivity index (χ0n) is 13.8. The second kappa shape index (κ2) is 7.21. The molecule has 1 aromatic heterocycles. The Bertz CT molecular complexity index is 732. The van der Waals surface area contributed by atoms with Crippen molar-refractivity contribution in [2.75, 3.05) is 19.7 Å². The minimum Gasteiger partial charge on any atom is -0.492 e. The standard InChI is InChI=1S/C17H20ClN3O3/c1-3-23-16-12(5-4-6-14(16)18)9-15(22)21-8-7-13(10-21)17-19-11(2)20-24-17/h4-6,13H,3,7-10H2,1-2H3. The number of halogens is 1. The van der Waals surface area contributed by atoms with Crippen molar-refractivity contribution in [3.63, 3.8) is 0 Å². The van der Waals surface area contributed by atoms with Crippen LogP contribution in [0.5, 0.6) is 5.75 Å². The van der Waals surface area contributed by atoms with E-state index in [2.05, 4.69) is 10.1 Å². The maximum absolute atomic E-state index is 12.6. The number of nitrogens with zero attached hydrogens (tertiary/aromatic N) is 3. The highest BCUT2D eigenvalue weighted by atomic mass is 35.5. The second-order valence-corrected chi connectivity index (χ2v) is 6.25. The van der Waals surface area contributed by atoms with Crippen LogP contribution in [0.1, 0.15) is 36.5 Å². The van der Waals surface area contributed by atoms with E-state index in [9.17, 15) is 4.79 Å². The lowest BCUT2D eigenvalue weighted by atomic mass is 10.1. The topological polar surface area (TPSA) is 68.5 Å². The van der Waals surface area contributed by atoms with Gasteiger partial charge in [0.2, 0.25) is 11.8 Å². The highest BCUT2D eigenvalue weighted by molar-refractivity contribution is 6.32. The number of carbonyl (C=O) groups is 1. The number of ether oxygens (including phenoxy) is 1. The lowest BCUT2D eigenvalue weighted by molar-refractivity contribution is -0.129. The smallest absolute Gasteiger partial charge is 0.231 e. The molecule has 0 N–H and O–H groups in total. The third-order valence-corrected chi connectivity index (χ3v) is 4.41. The quantitative estimate of drug-likeness (QED) is 0.830. The molecule has 1 aromatic carbocycles. The highest BCUT2D eigenvalue weighted by Gasteiger charge is 2.31. The lowest BCUT2D eigenvalue weighted by Gasteiger charge is -2.17. The molecule has 0 saturated carbocycles. The molecule has 0 spiro atoms. The largest absolute Gasteiger partial charge is 0.492 e. The van der Waals surface area contributed by atoms with Crippen LogP contribution < -0.4 is 4.74 Å². The van der Waals surface area contributed by atoms with E-state index in [1.54, 1.807) is 13.0 Å². The predicted molar refractivity (Wildman–Crippen MR) is 89.3 cm³/mol. The lowest BCUT2D eigenvalue weighted by Crippen LogP contribution is -2.30. The molecule has 0 bridgehead atoms. The molecule has 0 aliphatic carbocycles. The second-order valence-electron chi connectivity index (χ2n) is 5.84. The van der Waals surface area contributed by atoms with Crippen molar-refractivity contribution in [3.05, 3.63) is 40.5 Å². The number of hydrogen-bond donors (Lipinski definition) is 0. The molecule has 1 unspecified atom stereocenters. The number of aryl methyl sites for hydroxylation is 1. The first-order valence-corrected chi connectivity index (χ1v) is 8.44. The minimum atomic E-state index is 0.0527. The molecular weight excluding hydrogens is 330 g/mol. The van der Waals surface area contributed by atoms with E-state index in [4.69, 9.17) is 20.9 Å². The van der Waals surface area contributed by atoms with Gasteiger partial charge in [0.05, 0.1) is 24.0 Å². The first-order chi connectivity index (χ1) is 11.6. The summed E-state index contributed by atoms with van der Waals surface area (Å²) in [6.07, 6.45) is 1.10. The number of carbonyl (C=O) groups excluding carboxylic acids is 1. The summed E-state index contributed by atoms with van der Waals surface area (Å²) in [4.78, 5) is 18.7. The van der Waals surface area contributed by atoms with Crippen LogP contribution in [-0.2, 0) is 11.2 Å². The van der Waals surface area contributed by atoms with Gasteiger partial charge in [-0.1, -0.05) is 28.9 Å². The molecule has 7 heteroatoms. The van der Waals surface area contributed by atoms with E-state index in [-0.39, 0.29) is 18.2 Å². The van der Waals surface area contributed by atoms with Gasteiger partial charge in [-0.2, -0.15) is 4.98 Å². The van der Waals surface area contributed by atoms with Crippen molar-refractivity contribution < 1.29 is 14.1 Å². The summed E-state index contributed by atoms with van der Waals surface area (Å²) in [5.74, 6) is 1.99. The number of hydrogen-bond acceptors (Lipinski definition) is 5. The number of aromatic nitrogens is 2. The van der Waals surface area contributed by atoms with Gasteiger partial charge in [-0.3, -0.25) is 4.79 Å². The normalized spacial score (nSPS) is 17.3. The molecule has 1 saturated heterocycles. The number of benzene rings is 1. The summed E-state index contributed by atoms with van der Waals surface area (Å²) in [7, 11) is 0. The zero-order chi connectivity index (χ0) is 17.1. The maximum atomic E-state index is 12.6. The van der Waals surface area contributed by atoms with E-state index in [1.165, 1.54) is 0 Å². The molecule has 6 nitrogen and oxygen atoms in total. The number of amides is 1. The maximum Gasteiger partial charge on any atom is 0.231 e. The molecular formula is C17H20ClN3O3. The van der Waals surface area contributed by atoms with E-state index in [0.29, 0.717) is 42.2 Å². The molecule has 128 valence electrons. The molecule has 1 atom stereocenters. The van der Waals surface area contributed by atoms with Crippen molar-refractivity contribution in [1.29, 1.82) is 0 Å². The average molecular weight is 350 g/mol. The van der Waals surface area contributed by atoms with E-state index in [0.717, 1.165) is 12.0 Å². The highest BCUT2D eigenvalue weighted by Crippen LogP contribution is 2.31. The third-order valence-electron chi connectivity index (χ3n) is 4.11. The summed E-state index contributed by atoms with van der Waals surface area (Å²) in [6, 6.07) is 5.48. The molecule has 1 aliphatic heterocycles. The summed E-state index contributed by atoms with van der Waals surface area (Å²) in [5.41, 5.74) is 0.812. The van der Waals surface area contributed by atoms with Crippen molar-refractivity contribution in [1.82, 2.24) is 15.0 Å². The van der Waals surface area contributed by atoms with Crippen molar-refractivity contribution >= 4 is 17.5 Å². The molecule has 1 amide bonds. The number of rotatable bonds is 5. The van der Waals surface area contributed by atoms with Gasteiger partial charge in [0.25, 0.3) is 0 Å². The minimum absolute atomic E-state index is 0.0527. The molecule has 2 aromatic rings. The Morgan fingerprint density at radius 3 is 3.04 bits per heavy atom. The van der Waals surface area contributed by atoms with Crippen LogP contribution in [0, 0.1) is 6.92 Å². The number of likely N-dealkylation sites (tertiary alicyclic amines) is 1. The van der Waals surface area contributed by atoms with E-state index in [1.807, 2.05) is 24.0 Å². The van der Waals surface area contributed by atoms with Crippen LogP contribution >= 0.6 is 11.6 Å². The Kier molecular flexibility index (Phi) is 5.04. The molecule has 0 radical (unpaired) electrons. The van der Waals surface area contributed by atoms with Crippen LogP contribution in [0.2, 0.25) is 5.02 Å². The van der Waals surface area contributed by atoms with Gasteiger partial charge in [-0.15, -0.1) is 0 Å². The summed E-state index contributed by atoms with van der Waals surface area (Å²) in [5, 5.41) is 4.35. The van der Waals surface area contributed by atoms with E-state index >= 15 is 0 Å². The summed E-state index contributed by atoms with van der Waals surface area (Å²) < 4.78 is 10.8. The first kappa shape index (κ1) is 16.8. The Labute approximate surface area is 145 Å². The fraction of sp³-hybridized carbons (Fsp3) is 0.471. The van der Waals surface area contributed by atoms with Gasteiger partial charge in [-0.05, 0) is 26.3 Å². The van der Waals surface area contributed by atoms with Crippen molar-refractivity contribution in [2.24, 2.45) is 0 Å². The predicted octanol–water partition coefficient (Wildman–Crippen LogP) is 2.99. The Hall–Kier alpha value is -2.08. The average Bonchev–Trinajstić information content (AvgIpc) is 3.19. The summed E-state index contributed by atoms with van der Waals surface area (Å²) >= 11 is 6.18. The van der Waals surface area contributed by atoms with Gasteiger partial charge < -0.3 is 14.2 Å². The van der Waals surface area contributed by atoms with Crippen LogP contribution in [0.3, 0.4) is 0 Å². The van der Waals surface area contributed by atoms with Gasteiger partial charge in [0, 0.05) is 18.7 Å². The fourth-order valence-electron chi connectivity index (χ4n) is 2.94. The fourth-order valence-corrected chi connectivity index (χ4v) is 3.19. The Morgan fingerprint density at radius 2 is 2.33 bits per heavy atom. The van der Waals surface area contributed by atoms with Gasteiger partial charge in [-0.25, -0.2) is 0 Å². The van der Waals surface area contributed by atoms with Gasteiger partial charge >= 0.3 is 0 Å². The third kappa shape index (κ3) is 3.53. The Morgan fingerprint density at radius 1 is 1.50 bits per heavy atom. The van der Waals surface area contributed by atoms with Crippen LogP contribution in [0.15, 0.2) is 22.7 Å². The molecule has 1 fully saturated rings. The van der Waals surface area contributed by atoms with Gasteiger partial charge in [0.1, 0.15) is 5.75 Å². The first-order valence-electron chi connectivity index (χ1n) is 8.06. The molecule has 24 heavy (non-hydrogen) atoms. The zero-order valence-corrected chi connectivity index (χ0v) is 14.5. The SMILES string of the molecule is CCOc1c(Cl)cccc1CC(=O)N1CCC(c2nc(C)no2)C1. The Balaban J connectivity index is 1.67. The molecule has 2 heterocycles. The van der Waals surface area contributed by atoms with Crippen LogP contribution in [0.25, 0.3) is 0 Å². The van der Waals surface area contributed by atoms with Crippen LogP contribution in [0.4, 0.5) is 0 Å². The summed E-state index contributed by atoms with van der Waals surface area (Å²) in [6.45, 7) is 5.49. The van der Waals surface area contributed by atoms with Crippen molar-refractivity contribution in [3.8, 4) is 5.75 Å². The monoisotopic (exact) mass is 349 g/mol. The van der Waals surface area contributed by atoms with Crippen LogP contribution in [-0.4, -0.2) is 40.6 Å². The number of para-hydroxylation sites is 1. The van der Waals surface area contributed by atoms with Crippen molar-refractivity contribution in [2.45, 2.75) is 32.6 Å². The molecule has 1 aliphatic rings. The molecule has 3 rings (SSSR count). The van der Waals surface area contributed by atoms with Gasteiger partial charge in [0.15, 0.2) is 5.82 Å².